The van der Waals surface area contributed by atoms with Crippen LogP contribution in [-0.2, 0) is 9.84 Å². The van der Waals surface area contributed by atoms with Crippen LogP contribution in [0.3, 0.4) is 0 Å². The Bertz CT molecular complexity index is 812. The van der Waals surface area contributed by atoms with Crippen LogP contribution in [0.1, 0.15) is 28.4 Å². The summed E-state index contributed by atoms with van der Waals surface area (Å²) in [7, 11) is -3.62. The van der Waals surface area contributed by atoms with Gasteiger partial charge in [0.15, 0.2) is 15.6 Å². The summed E-state index contributed by atoms with van der Waals surface area (Å²) in [5, 5.41) is 1.04. The standard InChI is InChI=1S/C18H18O3S/c1-13-4-8-16(9-5-13)18(19)15(3)12-22(20,21)17-10-6-14(2)7-11-17/h4-12H,1-3H3/b15-12+. The maximum absolute atomic E-state index is 12.3. The maximum atomic E-state index is 12.3. The van der Waals surface area contributed by atoms with Crippen molar-refractivity contribution in [1.82, 2.24) is 0 Å². The normalized spacial score (nSPS) is 12.2. The van der Waals surface area contributed by atoms with Crippen LogP contribution in [0.4, 0.5) is 0 Å². The molecular weight excluding hydrogens is 296 g/mol. The minimum atomic E-state index is -3.62. The van der Waals surface area contributed by atoms with E-state index in [0.29, 0.717) is 5.56 Å². The molecule has 0 heterocycles. The van der Waals surface area contributed by atoms with Gasteiger partial charge in [0.1, 0.15) is 0 Å². The molecule has 0 saturated carbocycles. The number of carbonyl (C=O) groups is 1. The summed E-state index contributed by atoms with van der Waals surface area (Å²) >= 11 is 0. The molecule has 0 bridgehead atoms. The Hall–Kier alpha value is -2.20. The van der Waals surface area contributed by atoms with Crippen molar-refractivity contribution < 1.29 is 13.2 Å². The van der Waals surface area contributed by atoms with E-state index in [0.717, 1.165) is 16.5 Å². The molecule has 3 nitrogen and oxygen atoms in total. The molecule has 0 aromatic heterocycles. The van der Waals surface area contributed by atoms with Gasteiger partial charge < -0.3 is 0 Å². The van der Waals surface area contributed by atoms with Crippen LogP contribution in [0.25, 0.3) is 0 Å². The summed E-state index contributed by atoms with van der Waals surface area (Å²) in [5.74, 6) is -0.282. The highest BCUT2D eigenvalue weighted by atomic mass is 32.2. The van der Waals surface area contributed by atoms with Gasteiger partial charge in [-0.2, -0.15) is 0 Å². The molecule has 0 N–H and O–H groups in total. The molecule has 0 aliphatic rings. The lowest BCUT2D eigenvalue weighted by atomic mass is 10.0. The molecule has 0 fully saturated rings. The van der Waals surface area contributed by atoms with Gasteiger partial charge in [-0.3, -0.25) is 4.79 Å². The van der Waals surface area contributed by atoms with Crippen LogP contribution in [0.15, 0.2) is 64.4 Å². The second-order valence-corrected chi connectivity index (χ2v) is 7.15. The summed E-state index contributed by atoms with van der Waals surface area (Å²) in [4.78, 5) is 12.5. The molecule has 2 aromatic rings. The molecule has 0 saturated heterocycles. The fourth-order valence-electron chi connectivity index (χ4n) is 2.01. The van der Waals surface area contributed by atoms with E-state index in [2.05, 4.69) is 0 Å². The lowest BCUT2D eigenvalue weighted by Gasteiger charge is -2.04. The minimum absolute atomic E-state index is 0.189. The van der Waals surface area contributed by atoms with Crippen LogP contribution >= 0.6 is 0 Å². The van der Waals surface area contributed by atoms with E-state index in [-0.39, 0.29) is 16.3 Å². The molecule has 22 heavy (non-hydrogen) atoms. The Kier molecular flexibility index (Phi) is 4.62. The Morgan fingerprint density at radius 1 is 0.864 bits per heavy atom. The molecule has 0 radical (unpaired) electrons. The number of carbonyl (C=O) groups excluding carboxylic acids is 1. The number of aryl methyl sites for hydroxylation is 2. The van der Waals surface area contributed by atoms with Crippen LogP contribution in [0.2, 0.25) is 0 Å². The lowest BCUT2D eigenvalue weighted by molar-refractivity contribution is 0.103. The molecule has 0 spiro atoms. The van der Waals surface area contributed by atoms with Crippen LogP contribution in [-0.4, -0.2) is 14.2 Å². The molecule has 2 rings (SSSR count). The van der Waals surface area contributed by atoms with E-state index in [1.807, 2.05) is 26.0 Å². The van der Waals surface area contributed by atoms with Crippen LogP contribution < -0.4 is 0 Å². The van der Waals surface area contributed by atoms with Gasteiger partial charge in [0.2, 0.25) is 0 Å². The van der Waals surface area contributed by atoms with Gasteiger partial charge in [0.25, 0.3) is 0 Å². The molecule has 0 unspecified atom stereocenters. The SMILES string of the molecule is C/C(=C\S(=O)(=O)c1ccc(C)cc1)C(=O)c1ccc(C)cc1. The molecule has 0 aliphatic carbocycles. The van der Waals surface area contributed by atoms with Gasteiger partial charge in [0, 0.05) is 16.5 Å². The van der Waals surface area contributed by atoms with Crippen LogP contribution in [0.5, 0.6) is 0 Å². The Labute approximate surface area is 131 Å². The van der Waals surface area contributed by atoms with Crippen molar-refractivity contribution in [1.29, 1.82) is 0 Å². The van der Waals surface area contributed by atoms with Crippen molar-refractivity contribution >= 4 is 15.6 Å². The molecule has 4 heteroatoms. The zero-order valence-electron chi connectivity index (χ0n) is 12.8. The highest BCUT2D eigenvalue weighted by Crippen LogP contribution is 2.17. The van der Waals surface area contributed by atoms with Gasteiger partial charge >= 0.3 is 0 Å². The summed E-state index contributed by atoms with van der Waals surface area (Å²) in [6.07, 6.45) is 0. The van der Waals surface area contributed by atoms with Crippen molar-refractivity contribution in [2.45, 2.75) is 25.7 Å². The third-order valence-electron chi connectivity index (χ3n) is 3.35. The second kappa shape index (κ2) is 6.28. The van der Waals surface area contributed by atoms with E-state index in [4.69, 9.17) is 0 Å². The second-order valence-electron chi connectivity index (χ2n) is 5.35. The van der Waals surface area contributed by atoms with E-state index in [1.165, 1.54) is 6.92 Å². The summed E-state index contributed by atoms with van der Waals surface area (Å²) in [5.41, 5.74) is 2.71. The molecule has 2 aromatic carbocycles. The number of hydrogen-bond donors (Lipinski definition) is 0. The molecule has 0 aliphatic heterocycles. The topological polar surface area (TPSA) is 51.2 Å². The van der Waals surface area contributed by atoms with Crippen molar-refractivity contribution in [2.75, 3.05) is 0 Å². The Morgan fingerprint density at radius 2 is 1.32 bits per heavy atom. The zero-order chi connectivity index (χ0) is 16.3. The fraction of sp³-hybridized carbons (Fsp3) is 0.167. The first kappa shape index (κ1) is 16.2. The summed E-state index contributed by atoms with van der Waals surface area (Å²) in [6.45, 7) is 5.34. The number of sulfone groups is 1. The predicted octanol–water partition coefficient (Wildman–Crippen LogP) is 3.86. The quantitative estimate of drug-likeness (QED) is 0.636. The number of benzene rings is 2. The first-order valence-corrected chi connectivity index (χ1v) is 8.46. The number of allylic oxidation sites excluding steroid dienone is 1. The average Bonchev–Trinajstić information content (AvgIpc) is 2.47. The Morgan fingerprint density at radius 3 is 1.82 bits per heavy atom. The van der Waals surface area contributed by atoms with Crippen molar-refractivity contribution in [3.05, 3.63) is 76.2 Å². The molecule has 0 amide bonds. The van der Waals surface area contributed by atoms with Gasteiger partial charge in [-0.15, -0.1) is 0 Å². The maximum Gasteiger partial charge on any atom is 0.200 e. The molecule has 0 atom stereocenters. The van der Waals surface area contributed by atoms with E-state index in [9.17, 15) is 13.2 Å². The largest absolute Gasteiger partial charge is 0.289 e. The van der Waals surface area contributed by atoms with E-state index < -0.39 is 9.84 Å². The lowest BCUT2D eigenvalue weighted by Crippen LogP contribution is -2.05. The Balaban J connectivity index is 2.32. The number of ketones is 1. The van der Waals surface area contributed by atoms with Crippen molar-refractivity contribution in [3.63, 3.8) is 0 Å². The van der Waals surface area contributed by atoms with Crippen LogP contribution in [0, 0.1) is 13.8 Å². The van der Waals surface area contributed by atoms with Gasteiger partial charge in [-0.25, -0.2) is 8.42 Å². The number of Topliss-reactive ketones (excluding diaryl/α,β-unsaturated/α-hetero) is 1. The monoisotopic (exact) mass is 314 g/mol. The van der Waals surface area contributed by atoms with Gasteiger partial charge in [-0.1, -0.05) is 47.5 Å². The zero-order valence-corrected chi connectivity index (χ0v) is 13.6. The third-order valence-corrected chi connectivity index (χ3v) is 4.95. The predicted molar refractivity (Wildman–Crippen MR) is 87.6 cm³/mol. The average molecular weight is 314 g/mol. The summed E-state index contributed by atoms with van der Waals surface area (Å²) in [6, 6.07) is 13.6. The van der Waals surface area contributed by atoms with Crippen molar-refractivity contribution in [2.24, 2.45) is 0 Å². The molecule has 114 valence electrons. The highest BCUT2D eigenvalue weighted by Gasteiger charge is 2.15. The van der Waals surface area contributed by atoms with Gasteiger partial charge in [-0.05, 0) is 32.9 Å². The van der Waals surface area contributed by atoms with E-state index >= 15 is 0 Å². The minimum Gasteiger partial charge on any atom is -0.289 e. The highest BCUT2D eigenvalue weighted by molar-refractivity contribution is 7.94. The smallest absolute Gasteiger partial charge is 0.200 e. The first-order chi connectivity index (χ1) is 10.3. The van der Waals surface area contributed by atoms with Gasteiger partial charge in [0.05, 0.1) is 4.90 Å². The number of rotatable bonds is 4. The fourth-order valence-corrected chi connectivity index (χ4v) is 3.24. The molecular formula is C18H18O3S. The van der Waals surface area contributed by atoms with E-state index in [1.54, 1.807) is 36.4 Å². The summed E-state index contributed by atoms with van der Waals surface area (Å²) < 4.78 is 24.6. The number of hydrogen-bond acceptors (Lipinski definition) is 3. The third kappa shape index (κ3) is 3.71. The van der Waals surface area contributed by atoms with Crippen molar-refractivity contribution in [3.8, 4) is 0 Å². The first-order valence-electron chi connectivity index (χ1n) is 6.91.